The van der Waals surface area contributed by atoms with Gasteiger partial charge in [0.05, 0.1) is 0 Å². The van der Waals surface area contributed by atoms with Gasteiger partial charge in [-0.25, -0.2) is 0 Å². The first kappa shape index (κ1) is 15.4. The van der Waals surface area contributed by atoms with Crippen molar-refractivity contribution in [1.82, 2.24) is 9.03 Å². The van der Waals surface area contributed by atoms with E-state index in [-0.39, 0.29) is 6.04 Å². The number of nitrogens with one attached hydrogen (secondary N) is 1. The minimum atomic E-state index is -3.29. The third-order valence-electron chi connectivity index (χ3n) is 2.93. The predicted molar refractivity (Wildman–Crippen MR) is 74.6 cm³/mol. The highest BCUT2D eigenvalue weighted by Crippen LogP contribution is 2.14. The summed E-state index contributed by atoms with van der Waals surface area (Å²) >= 11 is 3.44. The van der Waals surface area contributed by atoms with Gasteiger partial charge in [-0.3, -0.25) is 0 Å². The fraction of sp³-hybridized carbons (Fsp3) is 1.00. The predicted octanol–water partition coefficient (Wildman–Crippen LogP) is 2.26. The van der Waals surface area contributed by atoms with Crippen LogP contribution in [-0.2, 0) is 10.2 Å². The quantitative estimate of drug-likeness (QED) is 0.788. The van der Waals surface area contributed by atoms with E-state index < -0.39 is 10.2 Å². The smallest absolute Gasteiger partial charge is 0.199 e. The molecular formula is C11H23BrN2O2S. The Morgan fingerprint density at radius 1 is 1.18 bits per heavy atom. The molecule has 0 bridgehead atoms. The van der Waals surface area contributed by atoms with Crippen molar-refractivity contribution in [2.24, 2.45) is 0 Å². The highest BCUT2D eigenvalue weighted by Gasteiger charge is 2.24. The minimum absolute atomic E-state index is 0.0300. The Kier molecular flexibility index (Phi) is 6.40. The second-order valence-electron chi connectivity index (χ2n) is 4.85. The normalized spacial score (nSPS) is 23.0. The van der Waals surface area contributed by atoms with Crippen molar-refractivity contribution >= 4 is 26.1 Å². The van der Waals surface area contributed by atoms with E-state index in [2.05, 4.69) is 20.7 Å². The molecule has 17 heavy (non-hydrogen) atoms. The molecule has 0 aliphatic carbocycles. The number of hydrogen-bond donors (Lipinski definition) is 1. The van der Waals surface area contributed by atoms with Gasteiger partial charge in [-0.15, -0.1) is 0 Å². The Labute approximate surface area is 113 Å². The molecule has 0 aromatic carbocycles. The zero-order valence-corrected chi connectivity index (χ0v) is 13.1. The lowest BCUT2D eigenvalue weighted by Gasteiger charge is -2.23. The molecule has 102 valence electrons. The molecule has 1 saturated heterocycles. The largest absolute Gasteiger partial charge is 0.279 e. The number of halogens is 1. The molecule has 1 rings (SSSR count). The molecule has 1 fully saturated rings. The van der Waals surface area contributed by atoms with Gasteiger partial charge in [-0.1, -0.05) is 35.7 Å². The van der Waals surface area contributed by atoms with E-state index in [1.807, 2.05) is 13.8 Å². The van der Waals surface area contributed by atoms with Gasteiger partial charge in [-0.2, -0.15) is 17.4 Å². The molecule has 0 saturated carbocycles. The van der Waals surface area contributed by atoms with Crippen LogP contribution in [0, 0.1) is 0 Å². The summed E-state index contributed by atoms with van der Waals surface area (Å²) in [5.41, 5.74) is 0. The SMILES string of the molecule is CC(Br)CC(C)NS(=O)(=O)N1CCCCCC1. The highest BCUT2D eigenvalue weighted by molar-refractivity contribution is 9.09. The lowest BCUT2D eigenvalue weighted by molar-refractivity contribution is 0.407. The Morgan fingerprint density at radius 3 is 2.18 bits per heavy atom. The number of nitrogens with zero attached hydrogens (tertiary/aromatic N) is 1. The lowest BCUT2D eigenvalue weighted by atomic mass is 10.2. The molecule has 0 spiro atoms. The van der Waals surface area contributed by atoms with Gasteiger partial charge in [0.25, 0.3) is 10.2 Å². The van der Waals surface area contributed by atoms with Crippen LogP contribution in [0.15, 0.2) is 0 Å². The monoisotopic (exact) mass is 326 g/mol. The minimum Gasteiger partial charge on any atom is -0.199 e. The van der Waals surface area contributed by atoms with Crippen LogP contribution in [0.5, 0.6) is 0 Å². The summed E-state index contributed by atoms with van der Waals surface area (Å²) in [6, 6.07) is -0.0300. The topological polar surface area (TPSA) is 49.4 Å². The molecule has 1 aliphatic heterocycles. The summed E-state index contributed by atoms with van der Waals surface area (Å²) in [7, 11) is -3.29. The second kappa shape index (κ2) is 7.07. The molecule has 1 N–H and O–H groups in total. The number of hydrogen-bond acceptors (Lipinski definition) is 2. The average Bonchev–Trinajstić information content (AvgIpc) is 2.42. The van der Waals surface area contributed by atoms with E-state index in [1.165, 1.54) is 0 Å². The van der Waals surface area contributed by atoms with E-state index >= 15 is 0 Å². The van der Waals surface area contributed by atoms with E-state index in [9.17, 15) is 8.42 Å². The molecule has 6 heteroatoms. The summed E-state index contributed by atoms with van der Waals surface area (Å²) in [5.74, 6) is 0. The van der Waals surface area contributed by atoms with Crippen molar-refractivity contribution < 1.29 is 8.42 Å². The van der Waals surface area contributed by atoms with Gasteiger partial charge >= 0.3 is 0 Å². The maximum absolute atomic E-state index is 12.1. The third kappa shape index (κ3) is 5.68. The van der Waals surface area contributed by atoms with Gasteiger partial charge in [-0.05, 0) is 26.2 Å². The van der Waals surface area contributed by atoms with Crippen molar-refractivity contribution in [3.8, 4) is 0 Å². The zero-order chi connectivity index (χ0) is 12.9. The van der Waals surface area contributed by atoms with Gasteiger partial charge < -0.3 is 0 Å². The lowest BCUT2D eigenvalue weighted by Crippen LogP contribution is -2.45. The van der Waals surface area contributed by atoms with Crippen LogP contribution in [0.2, 0.25) is 0 Å². The maximum atomic E-state index is 12.1. The van der Waals surface area contributed by atoms with Crippen molar-refractivity contribution in [3.05, 3.63) is 0 Å². The van der Waals surface area contributed by atoms with Crippen molar-refractivity contribution in [1.29, 1.82) is 0 Å². The van der Waals surface area contributed by atoms with Crippen LogP contribution in [0.1, 0.15) is 46.0 Å². The Morgan fingerprint density at radius 2 is 1.71 bits per heavy atom. The molecule has 0 aromatic rings. The van der Waals surface area contributed by atoms with Crippen LogP contribution in [0.4, 0.5) is 0 Å². The molecular weight excluding hydrogens is 304 g/mol. The first-order valence-electron chi connectivity index (χ1n) is 6.33. The summed E-state index contributed by atoms with van der Waals surface area (Å²) < 4.78 is 28.6. The molecule has 4 nitrogen and oxygen atoms in total. The van der Waals surface area contributed by atoms with Crippen LogP contribution in [0.25, 0.3) is 0 Å². The molecule has 0 aromatic heterocycles. The summed E-state index contributed by atoms with van der Waals surface area (Å²) in [6.45, 7) is 5.25. The summed E-state index contributed by atoms with van der Waals surface area (Å²) in [5, 5.41) is 0. The Balaban J connectivity index is 2.54. The zero-order valence-electron chi connectivity index (χ0n) is 10.7. The van der Waals surface area contributed by atoms with Crippen molar-refractivity contribution in [3.63, 3.8) is 0 Å². The van der Waals surface area contributed by atoms with Crippen LogP contribution in [0.3, 0.4) is 0 Å². The van der Waals surface area contributed by atoms with Gasteiger partial charge in [0.2, 0.25) is 0 Å². The third-order valence-corrected chi connectivity index (χ3v) is 5.05. The summed E-state index contributed by atoms with van der Waals surface area (Å²) in [4.78, 5) is 0.323. The van der Waals surface area contributed by atoms with E-state index in [4.69, 9.17) is 0 Å². The average molecular weight is 327 g/mol. The fourth-order valence-electron chi connectivity index (χ4n) is 2.15. The van der Waals surface area contributed by atoms with Gasteiger partial charge in [0.15, 0.2) is 0 Å². The van der Waals surface area contributed by atoms with Crippen LogP contribution >= 0.6 is 15.9 Å². The number of alkyl halides is 1. The maximum Gasteiger partial charge on any atom is 0.279 e. The molecule has 1 aliphatic rings. The molecule has 1 heterocycles. The van der Waals surface area contributed by atoms with E-state index in [1.54, 1.807) is 4.31 Å². The van der Waals surface area contributed by atoms with Gasteiger partial charge in [0.1, 0.15) is 0 Å². The first-order chi connectivity index (χ1) is 7.92. The van der Waals surface area contributed by atoms with Gasteiger partial charge in [0, 0.05) is 24.0 Å². The summed E-state index contributed by atoms with van der Waals surface area (Å²) in [6.07, 6.45) is 5.03. The fourth-order valence-corrected chi connectivity index (χ4v) is 4.20. The van der Waals surface area contributed by atoms with Crippen LogP contribution in [-0.4, -0.2) is 36.7 Å². The van der Waals surface area contributed by atoms with Crippen LogP contribution < -0.4 is 4.72 Å². The first-order valence-corrected chi connectivity index (χ1v) is 8.69. The highest BCUT2D eigenvalue weighted by atomic mass is 79.9. The second-order valence-corrected chi connectivity index (χ2v) is 8.12. The molecule has 2 atom stereocenters. The number of rotatable bonds is 5. The molecule has 0 amide bonds. The van der Waals surface area contributed by atoms with Crippen molar-refractivity contribution in [2.75, 3.05) is 13.1 Å². The molecule has 0 radical (unpaired) electrons. The standard InChI is InChI=1S/C11H23BrN2O2S/c1-10(12)9-11(2)13-17(15,16)14-7-5-3-4-6-8-14/h10-11,13H,3-9H2,1-2H3. The molecule has 2 unspecified atom stereocenters. The Bertz CT molecular complexity index is 311. The van der Waals surface area contributed by atoms with Crippen molar-refractivity contribution in [2.45, 2.75) is 56.8 Å². The van der Waals surface area contributed by atoms with E-state index in [0.29, 0.717) is 17.9 Å². The van der Waals surface area contributed by atoms with E-state index in [0.717, 1.165) is 32.1 Å². The Hall–Kier alpha value is 0.350.